The van der Waals surface area contributed by atoms with Gasteiger partial charge in [0.2, 0.25) is 5.91 Å². The Morgan fingerprint density at radius 1 is 1.20 bits per heavy atom. The second kappa shape index (κ2) is 11.7. The van der Waals surface area contributed by atoms with Crippen molar-refractivity contribution in [3.8, 4) is 5.75 Å². The van der Waals surface area contributed by atoms with Crippen LogP contribution in [0, 0.1) is 0 Å². The fraction of sp³-hybridized carbons (Fsp3) is 0.350. The molecular weight excluding hydrogens is 467 g/mol. The van der Waals surface area contributed by atoms with Crippen LogP contribution in [-0.2, 0) is 20.4 Å². The molecule has 0 aromatic heterocycles. The Kier molecular flexibility index (Phi) is 9.61. The van der Waals surface area contributed by atoms with Gasteiger partial charge in [-0.05, 0) is 36.8 Å². The van der Waals surface area contributed by atoms with Crippen molar-refractivity contribution in [3.05, 3.63) is 52.0 Å². The van der Waals surface area contributed by atoms with Gasteiger partial charge in [-0.25, -0.2) is 8.42 Å². The normalized spacial score (nSPS) is 11.2. The summed E-state index contributed by atoms with van der Waals surface area (Å²) in [6, 6.07) is 10.2. The highest BCUT2D eigenvalue weighted by molar-refractivity contribution is 7.98. The molecule has 0 unspecified atom stereocenters. The van der Waals surface area contributed by atoms with Gasteiger partial charge in [0.25, 0.3) is 0 Å². The summed E-state index contributed by atoms with van der Waals surface area (Å²) in [6.07, 6.45) is 1.12. The van der Waals surface area contributed by atoms with Gasteiger partial charge in [-0.1, -0.05) is 35.3 Å². The first kappa shape index (κ1) is 24.7. The number of hydrogen-bond acceptors (Lipinski definition) is 6. The molecule has 0 aliphatic carbocycles. The summed E-state index contributed by atoms with van der Waals surface area (Å²) in [7, 11) is -3.45. The van der Waals surface area contributed by atoms with E-state index in [2.05, 4.69) is 10.6 Å². The lowest BCUT2D eigenvalue weighted by molar-refractivity contribution is -0.119. The van der Waals surface area contributed by atoms with Gasteiger partial charge in [-0.15, -0.1) is 0 Å². The highest BCUT2D eigenvalue weighted by atomic mass is 35.5. The van der Waals surface area contributed by atoms with Gasteiger partial charge < -0.3 is 15.4 Å². The average Bonchev–Trinajstić information content (AvgIpc) is 2.67. The Hall–Kier alpha value is -1.61. The number of thioether (sulfide) groups is 1. The number of ether oxygens (including phenoxy) is 1. The van der Waals surface area contributed by atoms with Crippen LogP contribution in [0.5, 0.6) is 5.75 Å². The molecule has 0 saturated heterocycles. The molecule has 0 fully saturated rings. The number of rotatable bonds is 11. The van der Waals surface area contributed by atoms with Crippen molar-refractivity contribution >= 4 is 56.4 Å². The zero-order valence-electron chi connectivity index (χ0n) is 16.7. The summed E-state index contributed by atoms with van der Waals surface area (Å²) in [5.41, 5.74) is 1.45. The van der Waals surface area contributed by atoms with Crippen molar-refractivity contribution in [2.24, 2.45) is 0 Å². The van der Waals surface area contributed by atoms with E-state index in [4.69, 9.17) is 27.9 Å². The zero-order chi connectivity index (χ0) is 22.1. The Balaban J connectivity index is 1.81. The summed E-state index contributed by atoms with van der Waals surface area (Å²) in [5.74, 6) is 1.47. The second-order valence-electron chi connectivity index (χ2n) is 6.33. The molecule has 1 amide bonds. The predicted octanol–water partition coefficient (Wildman–Crippen LogP) is 4.26. The minimum absolute atomic E-state index is 0.000961. The number of benzene rings is 2. The Morgan fingerprint density at radius 3 is 2.63 bits per heavy atom. The van der Waals surface area contributed by atoms with Crippen LogP contribution in [0.4, 0.5) is 5.69 Å². The molecule has 2 aromatic rings. The standard InChI is InChI=1S/C20H24Cl2N2O4S2/c1-3-28-20-17(5-4-6-18(20)30(2,26)27)24-12-19(25)23-9-10-29-13-14-7-8-15(21)11-16(14)22/h4-8,11,24H,3,9-10,12-13H2,1-2H3,(H,23,25). The maximum atomic E-state index is 12.1. The van der Waals surface area contributed by atoms with E-state index in [1.54, 1.807) is 43.0 Å². The Bertz CT molecular complexity index is 985. The van der Waals surface area contributed by atoms with Crippen LogP contribution in [0.25, 0.3) is 0 Å². The largest absolute Gasteiger partial charge is 0.490 e. The van der Waals surface area contributed by atoms with Crippen molar-refractivity contribution in [2.45, 2.75) is 17.6 Å². The molecule has 0 spiro atoms. The summed E-state index contributed by atoms with van der Waals surface area (Å²) in [6.45, 7) is 2.58. The first-order valence-electron chi connectivity index (χ1n) is 9.20. The molecule has 164 valence electrons. The fourth-order valence-corrected chi connectivity index (χ4v) is 4.81. The van der Waals surface area contributed by atoms with E-state index in [0.29, 0.717) is 28.9 Å². The number of anilines is 1. The number of hydrogen-bond donors (Lipinski definition) is 2. The molecule has 10 heteroatoms. The quantitative estimate of drug-likeness (QED) is 0.457. The van der Waals surface area contributed by atoms with Crippen molar-refractivity contribution in [1.29, 1.82) is 0 Å². The van der Waals surface area contributed by atoms with Crippen LogP contribution in [0.1, 0.15) is 12.5 Å². The lowest BCUT2D eigenvalue weighted by atomic mass is 10.2. The first-order chi connectivity index (χ1) is 14.2. The predicted molar refractivity (Wildman–Crippen MR) is 125 cm³/mol. The lowest BCUT2D eigenvalue weighted by Gasteiger charge is -2.15. The van der Waals surface area contributed by atoms with Crippen LogP contribution in [-0.4, -0.2) is 46.0 Å². The molecule has 0 radical (unpaired) electrons. The van der Waals surface area contributed by atoms with E-state index >= 15 is 0 Å². The summed E-state index contributed by atoms with van der Waals surface area (Å²) >= 11 is 13.7. The van der Waals surface area contributed by atoms with Crippen LogP contribution in [0.2, 0.25) is 10.0 Å². The number of para-hydroxylation sites is 1. The van der Waals surface area contributed by atoms with E-state index in [1.165, 1.54) is 6.07 Å². The van der Waals surface area contributed by atoms with E-state index < -0.39 is 9.84 Å². The molecule has 2 N–H and O–H groups in total. The van der Waals surface area contributed by atoms with Crippen LogP contribution in [0.15, 0.2) is 41.3 Å². The highest BCUT2D eigenvalue weighted by Gasteiger charge is 2.18. The molecule has 0 aliphatic heterocycles. The zero-order valence-corrected chi connectivity index (χ0v) is 19.8. The third-order valence-corrected chi connectivity index (χ3v) is 6.66. The Morgan fingerprint density at radius 2 is 1.97 bits per heavy atom. The van der Waals surface area contributed by atoms with Crippen LogP contribution < -0.4 is 15.4 Å². The van der Waals surface area contributed by atoms with Crippen molar-refractivity contribution in [2.75, 3.05) is 37.0 Å². The number of nitrogens with one attached hydrogen (secondary N) is 2. The van der Waals surface area contributed by atoms with Gasteiger partial charge in [0, 0.05) is 34.4 Å². The van der Waals surface area contributed by atoms with Gasteiger partial charge in [0.1, 0.15) is 4.90 Å². The number of sulfone groups is 1. The smallest absolute Gasteiger partial charge is 0.239 e. The molecule has 30 heavy (non-hydrogen) atoms. The molecule has 0 heterocycles. The molecule has 2 aromatic carbocycles. The third-order valence-electron chi connectivity index (χ3n) is 3.95. The molecule has 6 nitrogen and oxygen atoms in total. The van der Waals surface area contributed by atoms with Gasteiger partial charge >= 0.3 is 0 Å². The molecule has 0 bridgehead atoms. The molecule has 0 atom stereocenters. The molecular formula is C20H24Cl2N2O4S2. The fourth-order valence-electron chi connectivity index (χ4n) is 2.56. The van der Waals surface area contributed by atoms with E-state index in [1.807, 2.05) is 6.07 Å². The molecule has 0 saturated carbocycles. The van der Waals surface area contributed by atoms with Crippen molar-refractivity contribution < 1.29 is 17.9 Å². The number of halogens is 2. The van der Waals surface area contributed by atoms with Gasteiger partial charge in [0.15, 0.2) is 15.6 Å². The summed E-state index contributed by atoms with van der Waals surface area (Å²) < 4.78 is 29.4. The maximum absolute atomic E-state index is 12.1. The second-order valence-corrected chi connectivity index (χ2v) is 10.3. The van der Waals surface area contributed by atoms with Crippen LogP contribution in [0.3, 0.4) is 0 Å². The van der Waals surface area contributed by atoms with E-state index in [0.717, 1.165) is 23.3 Å². The minimum atomic E-state index is -3.45. The monoisotopic (exact) mass is 490 g/mol. The minimum Gasteiger partial charge on any atom is -0.490 e. The van der Waals surface area contributed by atoms with E-state index in [9.17, 15) is 13.2 Å². The number of carbonyl (C=O) groups excluding carboxylic acids is 1. The molecule has 2 rings (SSSR count). The van der Waals surface area contributed by atoms with Gasteiger partial charge in [-0.3, -0.25) is 4.79 Å². The number of carbonyl (C=O) groups is 1. The Labute approximate surface area is 191 Å². The molecule has 0 aliphatic rings. The summed E-state index contributed by atoms with van der Waals surface area (Å²) in [5, 5.41) is 7.00. The maximum Gasteiger partial charge on any atom is 0.239 e. The van der Waals surface area contributed by atoms with Gasteiger partial charge in [-0.2, -0.15) is 11.8 Å². The SMILES string of the molecule is CCOc1c(NCC(=O)NCCSCc2ccc(Cl)cc2Cl)cccc1S(C)(=O)=O. The van der Waals surface area contributed by atoms with E-state index in [-0.39, 0.29) is 23.1 Å². The topological polar surface area (TPSA) is 84.5 Å². The average molecular weight is 491 g/mol. The van der Waals surface area contributed by atoms with Crippen molar-refractivity contribution in [1.82, 2.24) is 5.32 Å². The van der Waals surface area contributed by atoms with Gasteiger partial charge in [0.05, 0.1) is 18.8 Å². The van der Waals surface area contributed by atoms with Crippen molar-refractivity contribution in [3.63, 3.8) is 0 Å². The number of amides is 1. The highest BCUT2D eigenvalue weighted by Crippen LogP contribution is 2.32. The van der Waals surface area contributed by atoms with Crippen LogP contribution >= 0.6 is 35.0 Å². The third kappa shape index (κ3) is 7.58. The first-order valence-corrected chi connectivity index (χ1v) is 13.0. The summed E-state index contributed by atoms with van der Waals surface area (Å²) in [4.78, 5) is 12.2. The lowest BCUT2D eigenvalue weighted by Crippen LogP contribution is -2.31.